The Hall–Kier alpha value is -1.80. The number of nitrogens with one attached hydrogen (secondary N) is 1. The summed E-state index contributed by atoms with van der Waals surface area (Å²) in [6.45, 7) is -1.62. The largest absolute Gasteiger partial charge is 0.402 e. The Labute approximate surface area is 113 Å². The molecule has 2 rings (SSSR count). The van der Waals surface area contributed by atoms with E-state index in [4.69, 9.17) is 5.73 Å². The molecule has 8 heteroatoms. The highest BCUT2D eigenvalue weighted by Gasteiger charge is 2.30. The second-order valence-electron chi connectivity index (χ2n) is 4.14. The Morgan fingerprint density at radius 3 is 2.25 bits per heavy atom. The van der Waals surface area contributed by atoms with Gasteiger partial charge >= 0.3 is 6.18 Å². The van der Waals surface area contributed by atoms with Gasteiger partial charge in [-0.3, -0.25) is 0 Å². The monoisotopic (exact) mass is 304 g/mol. The number of anilines is 1. The lowest BCUT2D eigenvalue weighted by molar-refractivity contribution is -0.121. The van der Waals surface area contributed by atoms with Crippen molar-refractivity contribution in [1.29, 1.82) is 0 Å². The SMILES string of the molecule is Nc1ccc(S(=O)(=O)NCC(F)(F)F)c2ccccc12. The van der Waals surface area contributed by atoms with Gasteiger partial charge in [0.1, 0.15) is 6.54 Å². The van der Waals surface area contributed by atoms with E-state index in [2.05, 4.69) is 0 Å². The minimum absolute atomic E-state index is 0.230. The zero-order valence-electron chi connectivity index (χ0n) is 10.1. The molecule has 2 aromatic carbocycles. The molecule has 0 aliphatic carbocycles. The molecular weight excluding hydrogens is 293 g/mol. The van der Waals surface area contributed by atoms with E-state index in [1.165, 1.54) is 22.9 Å². The fourth-order valence-electron chi connectivity index (χ4n) is 1.78. The van der Waals surface area contributed by atoms with Gasteiger partial charge in [0, 0.05) is 16.5 Å². The van der Waals surface area contributed by atoms with E-state index in [-0.39, 0.29) is 10.3 Å². The van der Waals surface area contributed by atoms with Crippen molar-refractivity contribution >= 4 is 26.5 Å². The average Bonchev–Trinajstić information content (AvgIpc) is 2.36. The van der Waals surface area contributed by atoms with Crippen molar-refractivity contribution in [2.75, 3.05) is 12.3 Å². The first-order chi connectivity index (χ1) is 9.21. The topological polar surface area (TPSA) is 72.2 Å². The third kappa shape index (κ3) is 3.02. The maximum Gasteiger partial charge on any atom is 0.402 e. The normalized spacial score (nSPS) is 12.8. The first kappa shape index (κ1) is 14.6. The third-order valence-corrected chi connectivity index (χ3v) is 4.13. The van der Waals surface area contributed by atoms with Crippen LogP contribution in [0.2, 0.25) is 0 Å². The third-order valence-electron chi connectivity index (χ3n) is 2.67. The molecule has 2 aromatic rings. The van der Waals surface area contributed by atoms with Gasteiger partial charge in [0.25, 0.3) is 0 Å². The van der Waals surface area contributed by atoms with Gasteiger partial charge in [0.05, 0.1) is 4.90 Å². The van der Waals surface area contributed by atoms with Crippen LogP contribution in [0.1, 0.15) is 0 Å². The van der Waals surface area contributed by atoms with Crippen LogP contribution in [0.25, 0.3) is 10.8 Å². The van der Waals surface area contributed by atoms with Gasteiger partial charge in [-0.25, -0.2) is 13.1 Å². The van der Waals surface area contributed by atoms with Crippen molar-refractivity contribution in [1.82, 2.24) is 4.72 Å². The Morgan fingerprint density at radius 2 is 1.65 bits per heavy atom. The van der Waals surface area contributed by atoms with Crippen LogP contribution in [0.4, 0.5) is 18.9 Å². The lowest BCUT2D eigenvalue weighted by atomic mass is 10.1. The van der Waals surface area contributed by atoms with Crippen LogP contribution in [0.3, 0.4) is 0 Å². The highest BCUT2D eigenvalue weighted by Crippen LogP contribution is 2.27. The number of nitrogen functional groups attached to an aromatic ring is 1. The van der Waals surface area contributed by atoms with E-state index in [1.54, 1.807) is 18.2 Å². The summed E-state index contributed by atoms with van der Waals surface area (Å²) in [5, 5.41) is 0.754. The lowest BCUT2D eigenvalue weighted by Crippen LogP contribution is -2.33. The molecule has 0 amide bonds. The van der Waals surface area contributed by atoms with Crippen molar-refractivity contribution < 1.29 is 21.6 Å². The summed E-state index contributed by atoms with van der Waals surface area (Å²) >= 11 is 0. The molecule has 108 valence electrons. The fraction of sp³-hybridized carbons (Fsp3) is 0.167. The molecule has 0 unspecified atom stereocenters. The average molecular weight is 304 g/mol. The zero-order chi connectivity index (χ0) is 15.0. The fourth-order valence-corrected chi connectivity index (χ4v) is 3.01. The van der Waals surface area contributed by atoms with Crippen LogP contribution in [0, 0.1) is 0 Å². The van der Waals surface area contributed by atoms with E-state index in [0.29, 0.717) is 11.1 Å². The van der Waals surface area contributed by atoms with Gasteiger partial charge < -0.3 is 5.73 Å². The van der Waals surface area contributed by atoms with Gasteiger partial charge in [-0.05, 0) is 12.1 Å². The minimum Gasteiger partial charge on any atom is -0.398 e. The summed E-state index contributed by atoms with van der Waals surface area (Å²) in [5.74, 6) is 0. The standard InChI is InChI=1S/C12H11F3N2O2S/c13-12(14,15)7-17-20(18,19)11-6-5-10(16)8-3-1-2-4-9(8)11/h1-6,17H,7,16H2. The molecule has 0 bridgehead atoms. The number of rotatable bonds is 3. The molecule has 0 heterocycles. The molecule has 0 fully saturated rings. The summed E-state index contributed by atoms with van der Waals surface area (Å²) in [5.41, 5.74) is 6.07. The summed E-state index contributed by atoms with van der Waals surface area (Å²) < 4.78 is 61.8. The molecule has 0 aliphatic heterocycles. The van der Waals surface area contributed by atoms with Gasteiger partial charge in [-0.1, -0.05) is 24.3 Å². The van der Waals surface area contributed by atoms with Gasteiger partial charge in [0.2, 0.25) is 10.0 Å². The number of hydrogen-bond acceptors (Lipinski definition) is 3. The Balaban J connectivity index is 2.50. The van der Waals surface area contributed by atoms with E-state index < -0.39 is 22.7 Å². The second kappa shape index (κ2) is 4.95. The Bertz CT molecular complexity index is 742. The highest BCUT2D eigenvalue weighted by molar-refractivity contribution is 7.89. The molecule has 20 heavy (non-hydrogen) atoms. The molecule has 0 aliphatic rings. The maximum absolute atomic E-state index is 12.1. The maximum atomic E-state index is 12.1. The number of benzene rings is 2. The van der Waals surface area contributed by atoms with Gasteiger partial charge in [-0.2, -0.15) is 13.2 Å². The van der Waals surface area contributed by atoms with Crippen LogP contribution in [-0.4, -0.2) is 21.1 Å². The van der Waals surface area contributed by atoms with Crippen LogP contribution < -0.4 is 10.5 Å². The number of hydrogen-bond donors (Lipinski definition) is 2. The summed E-state index contributed by atoms with van der Waals surface area (Å²) in [6.07, 6.45) is -4.61. The summed E-state index contributed by atoms with van der Waals surface area (Å²) in [6, 6.07) is 8.89. The van der Waals surface area contributed by atoms with Crippen LogP contribution >= 0.6 is 0 Å². The minimum atomic E-state index is -4.61. The highest BCUT2D eigenvalue weighted by atomic mass is 32.2. The molecule has 3 N–H and O–H groups in total. The smallest absolute Gasteiger partial charge is 0.398 e. The van der Waals surface area contributed by atoms with Crippen molar-refractivity contribution in [2.45, 2.75) is 11.1 Å². The number of fused-ring (bicyclic) bond motifs is 1. The van der Waals surface area contributed by atoms with Crippen LogP contribution in [0.5, 0.6) is 0 Å². The molecular formula is C12H11F3N2O2S. The molecule has 0 saturated carbocycles. The number of alkyl halides is 3. The second-order valence-corrected chi connectivity index (χ2v) is 5.87. The molecule has 0 spiro atoms. The van der Waals surface area contributed by atoms with Crippen molar-refractivity contribution in [2.24, 2.45) is 0 Å². The molecule has 0 saturated heterocycles. The molecule has 0 aromatic heterocycles. The molecule has 0 radical (unpaired) electrons. The predicted molar refractivity (Wildman–Crippen MR) is 69.6 cm³/mol. The van der Waals surface area contributed by atoms with Crippen molar-refractivity contribution in [3.8, 4) is 0 Å². The Morgan fingerprint density at radius 1 is 1.05 bits per heavy atom. The van der Waals surface area contributed by atoms with E-state index in [1.807, 2.05) is 0 Å². The number of nitrogens with two attached hydrogens (primary N) is 1. The van der Waals surface area contributed by atoms with Crippen LogP contribution in [0.15, 0.2) is 41.3 Å². The zero-order valence-corrected chi connectivity index (χ0v) is 10.9. The van der Waals surface area contributed by atoms with Gasteiger partial charge in [-0.15, -0.1) is 0 Å². The summed E-state index contributed by atoms with van der Waals surface area (Å²) in [4.78, 5) is -0.230. The lowest BCUT2D eigenvalue weighted by Gasteiger charge is -2.12. The molecule has 4 nitrogen and oxygen atoms in total. The first-order valence-electron chi connectivity index (χ1n) is 5.54. The predicted octanol–water partition coefficient (Wildman–Crippen LogP) is 2.26. The van der Waals surface area contributed by atoms with Crippen molar-refractivity contribution in [3.05, 3.63) is 36.4 Å². The van der Waals surface area contributed by atoms with E-state index >= 15 is 0 Å². The summed E-state index contributed by atoms with van der Waals surface area (Å²) in [7, 11) is -4.26. The number of sulfonamides is 1. The van der Waals surface area contributed by atoms with Crippen LogP contribution in [-0.2, 0) is 10.0 Å². The Kier molecular flexibility index (Phi) is 3.61. The number of halogens is 3. The first-order valence-corrected chi connectivity index (χ1v) is 7.03. The van der Waals surface area contributed by atoms with Gasteiger partial charge in [0.15, 0.2) is 0 Å². The van der Waals surface area contributed by atoms with E-state index in [9.17, 15) is 21.6 Å². The van der Waals surface area contributed by atoms with Crippen molar-refractivity contribution in [3.63, 3.8) is 0 Å². The molecule has 0 atom stereocenters. The quantitative estimate of drug-likeness (QED) is 0.854. The van der Waals surface area contributed by atoms with E-state index in [0.717, 1.165) is 0 Å².